The van der Waals surface area contributed by atoms with Crippen LogP contribution in [-0.4, -0.2) is 14.1 Å². The molecule has 0 aromatic heterocycles. The van der Waals surface area contributed by atoms with E-state index in [9.17, 15) is 0 Å². The molecule has 0 radical (unpaired) electrons. The fraction of sp³-hybridized carbons (Fsp3) is 0.538. The van der Waals surface area contributed by atoms with Crippen LogP contribution in [0, 0.1) is 0 Å². The Bertz CT molecular complexity index is 219. The summed E-state index contributed by atoms with van der Waals surface area (Å²) in [4.78, 5) is 0. The van der Waals surface area contributed by atoms with Gasteiger partial charge in [-0.05, 0) is 5.56 Å². The molecule has 0 saturated carbocycles. The molecule has 0 saturated heterocycles. The zero-order valence-corrected chi connectivity index (χ0v) is 12.8. The average molecular weight is 258 g/mol. The minimum absolute atomic E-state index is 0. The van der Waals surface area contributed by atoms with Crippen LogP contribution in [0.3, 0.4) is 0 Å². The lowest BCUT2D eigenvalue weighted by Crippen LogP contribution is -2.04. The predicted octanol–water partition coefficient (Wildman–Crippen LogP) is 5.13. The molecule has 1 aromatic rings. The summed E-state index contributed by atoms with van der Waals surface area (Å²) < 4.78 is 0. The largest absolute Gasteiger partial charge is 0.344 e. The number of hydrogen-bond donors (Lipinski definition) is 1. The molecule has 3 heteroatoms. The summed E-state index contributed by atoms with van der Waals surface area (Å²) in [5, 5.41) is 4.48. The minimum Gasteiger partial charge on any atom is -0.344 e. The highest BCUT2D eigenvalue weighted by Crippen LogP contribution is 2.01. The van der Waals surface area contributed by atoms with Crippen LogP contribution in [0.1, 0.15) is 26.3 Å². The number of hydrogen-bond acceptors (Lipinski definition) is 1. The first kappa shape index (κ1) is 18.4. The van der Waals surface area contributed by atoms with Crippen LogP contribution in [0.25, 0.3) is 0 Å². The third kappa shape index (κ3) is 9.24. The highest BCUT2D eigenvalue weighted by molar-refractivity contribution is 6.58. The van der Waals surface area contributed by atoms with Crippen LogP contribution in [0.2, 0.25) is 15.8 Å². The van der Waals surface area contributed by atoms with Gasteiger partial charge in [0, 0.05) is 5.88 Å². The predicted molar refractivity (Wildman–Crippen MR) is 78.2 cm³/mol. The topological polar surface area (TPSA) is 35.0 Å². The first-order valence-corrected chi connectivity index (χ1v) is 8.86. The van der Waals surface area contributed by atoms with Gasteiger partial charge in [-0.1, -0.05) is 67.0 Å². The Kier molecular flexibility index (Phi) is 15.0. The molecule has 0 unspecified atom stereocenters. The third-order valence-corrected chi connectivity index (χ3v) is 6.50. The molecule has 0 amide bonds. The maximum atomic E-state index is 5.53. The van der Waals surface area contributed by atoms with Gasteiger partial charge in [-0.15, -0.1) is 11.6 Å². The molecule has 92 valence electrons. The fourth-order valence-corrected chi connectivity index (χ4v) is 3.34. The van der Waals surface area contributed by atoms with Crippen molar-refractivity contribution in [1.82, 2.24) is 6.15 Å². The van der Waals surface area contributed by atoms with Gasteiger partial charge in [0.25, 0.3) is 14.1 Å². The van der Waals surface area contributed by atoms with E-state index in [2.05, 4.69) is 20.8 Å². The number of alkyl halides is 1. The number of benzene rings is 1. The summed E-state index contributed by atoms with van der Waals surface area (Å²) >= 11 is 5.36. The van der Waals surface area contributed by atoms with Gasteiger partial charge in [-0.3, -0.25) is 0 Å². The van der Waals surface area contributed by atoms with Crippen molar-refractivity contribution in [2.75, 3.05) is 0 Å². The molecule has 0 aliphatic rings. The second-order valence-electron chi connectivity index (χ2n) is 3.71. The summed E-state index contributed by atoms with van der Waals surface area (Å²) in [5.74, 6) is 0.612. The average Bonchev–Trinajstić information content (AvgIpc) is 2.33. The Labute approximate surface area is 110 Å². The molecule has 0 aliphatic heterocycles. The van der Waals surface area contributed by atoms with Crippen LogP contribution < -0.4 is 6.15 Å². The van der Waals surface area contributed by atoms with Crippen LogP contribution in [-0.2, 0) is 5.88 Å². The summed E-state index contributed by atoms with van der Waals surface area (Å²) in [7, 11) is 0. The van der Waals surface area contributed by atoms with E-state index in [1.165, 1.54) is 21.4 Å². The first-order chi connectivity index (χ1) is 7.28. The first-order valence-electron chi connectivity index (χ1n) is 5.88. The van der Waals surface area contributed by atoms with Gasteiger partial charge < -0.3 is 6.15 Å². The molecule has 0 heterocycles. The Morgan fingerprint density at radius 1 is 0.938 bits per heavy atom. The lowest BCUT2D eigenvalue weighted by Gasteiger charge is -1.97. The quantitative estimate of drug-likeness (QED) is 0.589. The Morgan fingerprint density at radius 3 is 1.56 bits per heavy atom. The summed E-state index contributed by atoms with van der Waals surface area (Å²) in [5.41, 5.74) is 1.18. The molecule has 16 heavy (non-hydrogen) atoms. The van der Waals surface area contributed by atoms with Crippen molar-refractivity contribution in [2.24, 2.45) is 0 Å². The zero-order chi connectivity index (χ0) is 11.5. The molecule has 1 aromatic carbocycles. The van der Waals surface area contributed by atoms with Crippen molar-refractivity contribution in [3.63, 3.8) is 0 Å². The Hall–Kier alpha value is 0.00247. The van der Waals surface area contributed by atoms with Crippen molar-refractivity contribution in [3.05, 3.63) is 35.9 Å². The highest BCUT2D eigenvalue weighted by Gasteiger charge is 2.05. The van der Waals surface area contributed by atoms with E-state index in [1.54, 1.807) is 0 Å². The summed E-state index contributed by atoms with van der Waals surface area (Å²) in [6.45, 7) is 6.97. The molecule has 0 spiro atoms. The van der Waals surface area contributed by atoms with Crippen LogP contribution in [0.15, 0.2) is 30.3 Å². The van der Waals surface area contributed by atoms with Crippen molar-refractivity contribution in [3.8, 4) is 0 Å². The smallest absolute Gasteiger partial charge is 0.261 e. The van der Waals surface area contributed by atoms with Gasteiger partial charge in [-0.2, -0.15) is 0 Å². The monoisotopic (exact) mass is 257 g/mol. The van der Waals surface area contributed by atoms with E-state index in [1.807, 2.05) is 30.3 Å². The lowest BCUT2D eigenvalue weighted by molar-refractivity contribution is 1.24. The number of rotatable bonds is 4. The van der Waals surface area contributed by atoms with E-state index >= 15 is 0 Å². The molecule has 3 N–H and O–H groups in total. The minimum atomic E-state index is -0.171. The SMILES string of the molecule is C[CH2][Al]([CH2]C)[CH2]C.ClCc1ccccc1.N. The van der Waals surface area contributed by atoms with Crippen molar-refractivity contribution < 1.29 is 0 Å². The maximum Gasteiger partial charge on any atom is 0.261 e. The van der Waals surface area contributed by atoms with E-state index in [-0.39, 0.29) is 20.3 Å². The molecule has 0 bridgehead atoms. The molecular formula is C13H25AlClN. The number of halogens is 1. The summed E-state index contributed by atoms with van der Waals surface area (Å²) in [6, 6.07) is 9.96. The molecular weight excluding hydrogens is 233 g/mol. The highest BCUT2D eigenvalue weighted by atomic mass is 35.5. The van der Waals surface area contributed by atoms with Gasteiger partial charge in [0.1, 0.15) is 0 Å². The van der Waals surface area contributed by atoms with Gasteiger partial charge >= 0.3 is 0 Å². The second kappa shape index (κ2) is 13.1. The molecule has 1 rings (SSSR count). The van der Waals surface area contributed by atoms with E-state index in [0.29, 0.717) is 5.88 Å². The summed E-state index contributed by atoms with van der Waals surface area (Å²) in [6.07, 6.45) is 0. The van der Waals surface area contributed by atoms with Crippen molar-refractivity contribution >= 4 is 25.7 Å². The van der Waals surface area contributed by atoms with Gasteiger partial charge in [0.2, 0.25) is 0 Å². The Balaban J connectivity index is 0. The second-order valence-corrected chi connectivity index (χ2v) is 8.16. The standard InChI is InChI=1S/C7H7Cl.3C2H5.Al.H3N/c8-6-7-4-2-1-3-5-7;3*1-2;;/h1-5H,6H2;3*1H2,2H3;;1H3. The van der Waals surface area contributed by atoms with Gasteiger partial charge in [-0.25, -0.2) is 0 Å². The van der Waals surface area contributed by atoms with E-state index < -0.39 is 0 Å². The van der Waals surface area contributed by atoms with Crippen LogP contribution >= 0.6 is 11.6 Å². The molecule has 1 nitrogen and oxygen atoms in total. The molecule has 0 atom stereocenters. The van der Waals surface area contributed by atoms with Crippen LogP contribution in [0.5, 0.6) is 0 Å². The molecule has 0 aliphatic carbocycles. The van der Waals surface area contributed by atoms with Gasteiger partial charge in [0.15, 0.2) is 0 Å². The van der Waals surface area contributed by atoms with Crippen LogP contribution in [0.4, 0.5) is 0 Å². The normalized spacial score (nSPS) is 8.50. The van der Waals surface area contributed by atoms with E-state index in [4.69, 9.17) is 11.6 Å². The van der Waals surface area contributed by atoms with Crippen molar-refractivity contribution in [2.45, 2.75) is 42.5 Å². The lowest BCUT2D eigenvalue weighted by atomic mass is 10.2. The van der Waals surface area contributed by atoms with Gasteiger partial charge in [0.05, 0.1) is 0 Å². The molecule has 0 fully saturated rings. The van der Waals surface area contributed by atoms with Crippen molar-refractivity contribution in [1.29, 1.82) is 0 Å². The fourth-order valence-electron chi connectivity index (χ4n) is 1.43. The van der Waals surface area contributed by atoms with E-state index in [0.717, 1.165) is 0 Å². The third-order valence-electron chi connectivity index (χ3n) is 2.73. The zero-order valence-electron chi connectivity index (χ0n) is 10.9. The Morgan fingerprint density at radius 2 is 1.38 bits per heavy atom. The maximum absolute atomic E-state index is 5.53.